The molecule has 0 unspecified atom stereocenters. The lowest BCUT2D eigenvalue weighted by Crippen LogP contribution is -2.13. The zero-order valence-electron chi connectivity index (χ0n) is 9.14. The van der Waals surface area contributed by atoms with Gasteiger partial charge < -0.3 is 5.73 Å². The second-order valence-corrected chi connectivity index (χ2v) is 3.62. The molecule has 0 bridgehead atoms. The number of hydrogen-bond donors (Lipinski definition) is 1. The fraction of sp³-hybridized carbons (Fsp3) is 0.182. The van der Waals surface area contributed by atoms with Crippen molar-refractivity contribution in [3.8, 4) is 5.69 Å². The molecule has 1 heterocycles. The minimum absolute atomic E-state index is 0.209. The number of nitrogens with two attached hydrogens (primary N) is 1. The molecule has 0 fully saturated rings. The van der Waals surface area contributed by atoms with E-state index < -0.39 is 5.91 Å². The van der Waals surface area contributed by atoms with Gasteiger partial charge in [-0.3, -0.25) is 4.79 Å². The van der Waals surface area contributed by atoms with E-state index in [9.17, 15) is 4.79 Å². The van der Waals surface area contributed by atoms with Gasteiger partial charge in [-0.15, -0.1) is 5.10 Å². The molecule has 5 nitrogen and oxygen atoms in total. The third-order valence-corrected chi connectivity index (χ3v) is 2.28. The fourth-order valence-corrected chi connectivity index (χ4v) is 1.40. The van der Waals surface area contributed by atoms with Crippen LogP contribution in [0, 0.1) is 13.8 Å². The van der Waals surface area contributed by atoms with Crippen molar-refractivity contribution in [3.63, 3.8) is 0 Å². The molecule has 1 aromatic carbocycles. The van der Waals surface area contributed by atoms with Crippen molar-refractivity contribution in [2.24, 2.45) is 5.73 Å². The molecule has 1 amide bonds. The largest absolute Gasteiger partial charge is 0.364 e. The Morgan fingerprint density at radius 1 is 1.19 bits per heavy atom. The molecule has 0 saturated heterocycles. The van der Waals surface area contributed by atoms with Crippen molar-refractivity contribution in [1.29, 1.82) is 0 Å². The number of primary amides is 1. The Morgan fingerprint density at radius 3 is 2.31 bits per heavy atom. The molecule has 0 saturated carbocycles. The van der Waals surface area contributed by atoms with Crippen LogP contribution in [0.15, 0.2) is 24.3 Å². The number of carbonyl (C=O) groups is 1. The Kier molecular flexibility index (Phi) is 2.44. The van der Waals surface area contributed by atoms with Crippen LogP contribution in [0.25, 0.3) is 5.69 Å². The number of aryl methyl sites for hydroxylation is 2. The summed E-state index contributed by atoms with van der Waals surface area (Å²) in [5.74, 6) is -0.559. The minimum atomic E-state index is -0.559. The van der Waals surface area contributed by atoms with E-state index in [0.29, 0.717) is 5.69 Å². The lowest BCUT2D eigenvalue weighted by molar-refractivity contribution is 0.0994. The first-order valence-electron chi connectivity index (χ1n) is 4.88. The van der Waals surface area contributed by atoms with Crippen LogP contribution in [-0.4, -0.2) is 20.9 Å². The molecule has 0 radical (unpaired) electrons. The van der Waals surface area contributed by atoms with Crippen LogP contribution in [-0.2, 0) is 0 Å². The Bertz CT molecular complexity index is 527. The van der Waals surface area contributed by atoms with Crippen molar-refractivity contribution >= 4 is 5.91 Å². The van der Waals surface area contributed by atoms with Gasteiger partial charge in [0.1, 0.15) is 0 Å². The van der Waals surface area contributed by atoms with Crippen LogP contribution in [0.1, 0.15) is 21.7 Å². The van der Waals surface area contributed by atoms with E-state index >= 15 is 0 Å². The number of amides is 1. The van der Waals surface area contributed by atoms with E-state index in [1.54, 1.807) is 6.92 Å². The standard InChI is InChI=1S/C11H12N4O/c1-7-3-5-9(6-4-7)15-13-8(2)10(14-15)11(12)16/h3-6H,1-2H3,(H2,12,16). The molecule has 0 spiro atoms. The van der Waals surface area contributed by atoms with Gasteiger partial charge in [0.25, 0.3) is 5.91 Å². The fourth-order valence-electron chi connectivity index (χ4n) is 1.40. The second kappa shape index (κ2) is 3.77. The number of benzene rings is 1. The molecular weight excluding hydrogens is 204 g/mol. The highest BCUT2D eigenvalue weighted by molar-refractivity contribution is 5.91. The van der Waals surface area contributed by atoms with Crippen LogP contribution >= 0.6 is 0 Å². The normalized spacial score (nSPS) is 10.4. The highest BCUT2D eigenvalue weighted by Gasteiger charge is 2.12. The lowest BCUT2D eigenvalue weighted by atomic mass is 10.2. The summed E-state index contributed by atoms with van der Waals surface area (Å²) in [6, 6.07) is 7.69. The number of hydrogen-bond acceptors (Lipinski definition) is 3. The minimum Gasteiger partial charge on any atom is -0.364 e. The topological polar surface area (TPSA) is 73.8 Å². The van der Waals surface area contributed by atoms with Gasteiger partial charge in [-0.05, 0) is 26.0 Å². The molecule has 0 aliphatic rings. The van der Waals surface area contributed by atoms with Gasteiger partial charge in [0, 0.05) is 0 Å². The number of rotatable bonds is 2. The van der Waals surface area contributed by atoms with Gasteiger partial charge in [0.2, 0.25) is 0 Å². The highest BCUT2D eigenvalue weighted by atomic mass is 16.1. The van der Waals surface area contributed by atoms with Crippen LogP contribution < -0.4 is 5.73 Å². The molecule has 2 aromatic rings. The molecule has 82 valence electrons. The summed E-state index contributed by atoms with van der Waals surface area (Å²) < 4.78 is 0. The summed E-state index contributed by atoms with van der Waals surface area (Å²) in [6.45, 7) is 3.71. The Labute approximate surface area is 92.9 Å². The first-order valence-corrected chi connectivity index (χ1v) is 4.88. The summed E-state index contributed by atoms with van der Waals surface area (Å²) in [5.41, 5.74) is 7.88. The lowest BCUT2D eigenvalue weighted by Gasteiger charge is -1.98. The molecular formula is C11H12N4O. The van der Waals surface area contributed by atoms with Crippen molar-refractivity contribution < 1.29 is 4.79 Å². The van der Waals surface area contributed by atoms with Crippen molar-refractivity contribution in [2.45, 2.75) is 13.8 Å². The maximum absolute atomic E-state index is 11.0. The first-order chi connectivity index (χ1) is 7.58. The molecule has 2 N–H and O–H groups in total. The Morgan fingerprint density at radius 2 is 1.81 bits per heavy atom. The molecule has 1 aromatic heterocycles. The summed E-state index contributed by atoms with van der Waals surface area (Å²) >= 11 is 0. The average molecular weight is 216 g/mol. The van der Waals surface area contributed by atoms with Crippen LogP contribution in [0.3, 0.4) is 0 Å². The van der Waals surface area contributed by atoms with E-state index in [1.165, 1.54) is 4.80 Å². The molecule has 5 heteroatoms. The number of nitrogens with zero attached hydrogens (tertiary/aromatic N) is 3. The quantitative estimate of drug-likeness (QED) is 0.813. The zero-order chi connectivity index (χ0) is 11.7. The van der Waals surface area contributed by atoms with Crippen LogP contribution in [0.5, 0.6) is 0 Å². The Balaban J connectivity index is 2.45. The smallest absolute Gasteiger partial charge is 0.271 e. The van der Waals surface area contributed by atoms with Crippen LogP contribution in [0.4, 0.5) is 0 Å². The van der Waals surface area contributed by atoms with Gasteiger partial charge in [0.15, 0.2) is 5.69 Å². The highest BCUT2D eigenvalue weighted by Crippen LogP contribution is 2.09. The number of carbonyl (C=O) groups excluding carboxylic acids is 1. The van der Waals surface area contributed by atoms with Crippen LogP contribution in [0.2, 0.25) is 0 Å². The molecule has 0 aliphatic carbocycles. The van der Waals surface area contributed by atoms with Crippen molar-refractivity contribution in [2.75, 3.05) is 0 Å². The van der Waals surface area contributed by atoms with E-state index in [4.69, 9.17) is 5.73 Å². The van der Waals surface area contributed by atoms with E-state index in [1.807, 2.05) is 31.2 Å². The molecule has 0 atom stereocenters. The van der Waals surface area contributed by atoms with E-state index in [2.05, 4.69) is 10.2 Å². The summed E-state index contributed by atoms with van der Waals surface area (Å²) in [7, 11) is 0. The maximum Gasteiger partial charge on any atom is 0.271 e. The molecule has 2 rings (SSSR count). The van der Waals surface area contributed by atoms with Gasteiger partial charge in [-0.1, -0.05) is 17.7 Å². The number of aromatic nitrogens is 3. The van der Waals surface area contributed by atoms with Crippen molar-refractivity contribution in [3.05, 3.63) is 41.2 Å². The van der Waals surface area contributed by atoms with Gasteiger partial charge in [0.05, 0.1) is 11.4 Å². The first kappa shape index (κ1) is 10.4. The SMILES string of the molecule is Cc1ccc(-n2nc(C)c(C(N)=O)n2)cc1. The third-order valence-electron chi connectivity index (χ3n) is 2.28. The summed E-state index contributed by atoms with van der Waals surface area (Å²) in [4.78, 5) is 12.4. The summed E-state index contributed by atoms with van der Waals surface area (Å²) in [6.07, 6.45) is 0. The monoisotopic (exact) mass is 216 g/mol. The molecule has 16 heavy (non-hydrogen) atoms. The summed E-state index contributed by atoms with van der Waals surface area (Å²) in [5, 5.41) is 8.18. The van der Waals surface area contributed by atoms with Gasteiger partial charge >= 0.3 is 0 Å². The van der Waals surface area contributed by atoms with E-state index in [0.717, 1.165) is 11.3 Å². The van der Waals surface area contributed by atoms with Gasteiger partial charge in [-0.2, -0.15) is 9.90 Å². The maximum atomic E-state index is 11.0. The van der Waals surface area contributed by atoms with Gasteiger partial charge in [-0.25, -0.2) is 0 Å². The second-order valence-electron chi connectivity index (χ2n) is 3.62. The predicted octanol–water partition coefficient (Wildman–Crippen LogP) is 0.983. The zero-order valence-corrected chi connectivity index (χ0v) is 9.14. The average Bonchev–Trinajstić information content (AvgIpc) is 2.61. The van der Waals surface area contributed by atoms with Crippen molar-refractivity contribution in [1.82, 2.24) is 15.0 Å². The van der Waals surface area contributed by atoms with E-state index in [-0.39, 0.29) is 5.69 Å². The third kappa shape index (κ3) is 1.79. The molecule has 0 aliphatic heterocycles. The Hall–Kier alpha value is -2.17. The predicted molar refractivity (Wildman–Crippen MR) is 59.4 cm³/mol.